The van der Waals surface area contributed by atoms with Crippen molar-refractivity contribution < 1.29 is 0 Å². The van der Waals surface area contributed by atoms with Crippen LogP contribution in [-0.4, -0.2) is 12.6 Å². The van der Waals surface area contributed by atoms with Crippen LogP contribution >= 0.6 is 0 Å². The quantitative estimate of drug-likeness (QED) is 0.384. The van der Waals surface area contributed by atoms with Gasteiger partial charge in [0.25, 0.3) is 0 Å². The fourth-order valence-electron chi connectivity index (χ4n) is 9.89. The van der Waals surface area contributed by atoms with Gasteiger partial charge in [0.1, 0.15) is 0 Å². The molecule has 2 aliphatic heterocycles. The molecule has 0 aromatic heterocycles. The fraction of sp³-hybridized carbons (Fsp3) is 1.00. The SMILES string of the molecule is CC1(C)CC2CCCCCC3CCC4CCC5CCCCCC1CC5NCCC4CCC3C2. The lowest BCUT2D eigenvalue weighted by Gasteiger charge is -2.42. The monoisotopic (exact) mass is 455 g/mol. The zero-order valence-electron chi connectivity index (χ0n) is 22.5. The van der Waals surface area contributed by atoms with Crippen molar-refractivity contribution >= 4 is 0 Å². The summed E-state index contributed by atoms with van der Waals surface area (Å²) in [7, 11) is 0. The van der Waals surface area contributed by atoms with E-state index in [1.165, 1.54) is 90.0 Å². The first kappa shape index (κ1) is 24.6. The van der Waals surface area contributed by atoms with Gasteiger partial charge in [0, 0.05) is 6.04 Å². The third-order valence-electron chi connectivity index (χ3n) is 12.0. The first-order valence-corrected chi connectivity index (χ1v) is 15.8. The molecule has 33 heavy (non-hydrogen) atoms. The van der Waals surface area contributed by atoms with Crippen molar-refractivity contribution in [2.45, 2.75) is 148 Å². The standard InChI is InChI=1S/C32H57N/c1-32(2)23-24-9-5-3-6-10-25-13-14-26-15-17-28-11-7-4-8-12-30(32)22-31(28)33-20-19-27(26)16-18-29(25)21-24/h24-31,33H,3-23H2,1-2H3. The highest BCUT2D eigenvalue weighted by atomic mass is 14.9. The summed E-state index contributed by atoms with van der Waals surface area (Å²) >= 11 is 0. The van der Waals surface area contributed by atoms with E-state index >= 15 is 0 Å². The van der Waals surface area contributed by atoms with Crippen LogP contribution in [0.5, 0.6) is 0 Å². The van der Waals surface area contributed by atoms with E-state index in [1.54, 1.807) is 44.9 Å². The lowest BCUT2D eigenvalue weighted by atomic mass is 9.65. The third-order valence-corrected chi connectivity index (χ3v) is 12.0. The van der Waals surface area contributed by atoms with E-state index in [4.69, 9.17) is 0 Å². The first-order valence-electron chi connectivity index (χ1n) is 15.8. The first-order chi connectivity index (χ1) is 16.1. The lowest BCUT2D eigenvalue weighted by molar-refractivity contribution is 0.0948. The minimum atomic E-state index is 0.517. The van der Waals surface area contributed by atoms with Crippen LogP contribution in [-0.2, 0) is 0 Å². The lowest BCUT2D eigenvalue weighted by Crippen LogP contribution is -2.41. The van der Waals surface area contributed by atoms with Gasteiger partial charge in [0.15, 0.2) is 0 Å². The molecule has 0 aromatic rings. The zero-order chi connectivity index (χ0) is 22.7. The highest BCUT2D eigenvalue weighted by Gasteiger charge is 2.39. The summed E-state index contributed by atoms with van der Waals surface area (Å²) in [5.41, 5.74) is 0.517. The van der Waals surface area contributed by atoms with E-state index in [9.17, 15) is 0 Å². The van der Waals surface area contributed by atoms with Crippen LogP contribution in [0.4, 0.5) is 0 Å². The maximum absolute atomic E-state index is 4.25. The Labute approximate surface area is 207 Å². The molecule has 8 atom stereocenters. The molecule has 8 unspecified atom stereocenters. The minimum Gasteiger partial charge on any atom is -0.314 e. The van der Waals surface area contributed by atoms with E-state index in [-0.39, 0.29) is 0 Å². The molecule has 1 nitrogen and oxygen atoms in total. The molecule has 3 saturated carbocycles. The molecule has 190 valence electrons. The summed E-state index contributed by atoms with van der Waals surface area (Å²) in [6.45, 7) is 6.72. The predicted octanol–water partition coefficient (Wildman–Crippen LogP) is 9.15. The van der Waals surface area contributed by atoms with Gasteiger partial charge in [-0.05, 0) is 130 Å². The number of rotatable bonds is 0. The Balaban J connectivity index is 1.50. The van der Waals surface area contributed by atoms with Crippen LogP contribution in [0.2, 0.25) is 0 Å². The summed E-state index contributed by atoms with van der Waals surface area (Å²) < 4.78 is 0. The van der Waals surface area contributed by atoms with Crippen LogP contribution in [0.15, 0.2) is 0 Å². The van der Waals surface area contributed by atoms with Crippen molar-refractivity contribution in [3.05, 3.63) is 0 Å². The molecule has 0 amide bonds. The van der Waals surface area contributed by atoms with Crippen molar-refractivity contribution in [1.29, 1.82) is 0 Å². The van der Waals surface area contributed by atoms with E-state index in [0.29, 0.717) is 5.41 Å². The summed E-state index contributed by atoms with van der Waals surface area (Å²) in [6, 6.07) is 0.803. The molecular formula is C32H57N. The van der Waals surface area contributed by atoms with Crippen molar-refractivity contribution in [3.63, 3.8) is 0 Å². The second kappa shape index (κ2) is 11.3. The average Bonchev–Trinajstić information content (AvgIpc) is 2.97. The molecule has 0 aromatic carbocycles. The van der Waals surface area contributed by atoms with Crippen molar-refractivity contribution in [1.82, 2.24) is 5.32 Å². The van der Waals surface area contributed by atoms with Gasteiger partial charge in [-0.25, -0.2) is 0 Å². The molecular weight excluding hydrogens is 398 g/mol. The van der Waals surface area contributed by atoms with E-state index < -0.39 is 0 Å². The van der Waals surface area contributed by atoms with Crippen LogP contribution in [0, 0.1) is 46.8 Å². The molecule has 5 aliphatic rings. The zero-order valence-corrected chi connectivity index (χ0v) is 22.5. The third kappa shape index (κ3) is 6.21. The molecule has 5 fully saturated rings. The smallest absolute Gasteiger partial charge is 0.00981 e. The molecule has 2 saturated heterocycles. The Kier molecular flexibility index (Phi) is 8.47. The van der Waals surface area contributed by atoms with Gasteiger partial charge >= 0.3 is 0 Å². The Morgan fingerprint density at radius 2 is 1.09 bits per heavy atom. The van der Waals surface area contributed by atoms with E-state index in [1.807, 2.05) is 0 Å². The second-order valence-electron chi connectivity index (χ2n) is 14.4. The summed E-state index contributed by atoms with van der Waals surface area (Å²) in [5.74, 6) is 7.05. The largest absolute Gasteiger partial charge is 0.314 e. The molecule has 0 radical (unpaired) electrons. The summed E-state index contributed by atoms with van der Waals surface area (Å²) in [4.78, 5) is 0. The predicted molar refractivity (Wildman–Crippen MR) is 142 cm³/mol. The topological polar surface area (TPSA) is 12.0 Å². The van der Waals surface area contributed by atoms with Gasteiger partial charge in [0.2, 0.25) is 0 Å². The van der Waals surface area contributed by atoms with Gasteiger partial charge < -0.3 is 5.32 Å². The number of hydrogen-bond donors (Lipinski definition) is 1. The highest BCUT2D eigenvalue weighted by molar-refractivity contribution is 4.92. The molecule has 1 N–H and O–H groups in total. The summed E-state index contributed by atoms with van der Waals surface area (Å²) in [5, 5.41) is 4.25. The maximum atomic E-state index is 4.25. The normalized spacial score (nSPS) is 45.3. The fourth-order valence-corrected chi connectivity index (χ4v) is 9.89. The Morgan fingerprint density at radius 1 is 0.515 bits per heavy atom. The number of fused-ring (bicyclic) bond motifs is 5. The maximum Gasteiger partial charge on any atom is 0.00981 e. The van der Waals surface area contributed by atoms with Crippen LogP contribution in [0.25, 0.3) is 0 Å². The molecule has 5 rings (SSSR count). The second-order valence-corrected chi connectivity index (χ2v) is 14.4. The van der Waals surface area contributed by atoms with Crippen LogP contribution < -0.4 is 5.32 Å². The van der Waals surface area contributed by atoms with Crippen LogP contribution in [0.3, 0.4) is 0 Å². The molecule has 3 aliphatic carbocycles. The van der Waals surface area contributed by atoms with Gasteiger partial charge in [-0.1, -0.05) is 65.2 Å². The van der Waals surface area contributed by atoms with Crippen molar-refractivity contribution in [2.75, 3.05) is 6.54 Å². The van der Waals surface area contributed by atoms with Crippen molar-refractivity contribution in [2.24, 2.45) is 46.8 Å². The van der Waals surface area contributed by atoms with Gasteiger partial charge in [0.05, 0.1) is 0 Å². The highest BCUT2D eigenvalue weighted by Crippen LogP contribution is 2.49. The molecule has 0 spiro atoms. The van der Waals surface area contributed by atoms with Gasteiger partial charge in [-0.2, -0.15) is 0 Å². The van der Waals surface area contributed by atoms with E-state index in [0.717, 1.165) is 47.5 Å². The average molecular weight is 456 g/mol. The van der Waals surface area contributed by atoms with E-state index in [2.05, 4.69) is 19.2 Å². The number of hydrogen-bond acceptors (Lipinski definition) is 1. The van der Waals surface area contributed by atoms with Gasteiger partial charge in [-0.15, -0.1) is 0 Å². The summed E-state index contributed by atoms with van der Waals surface area (Å²) in [6.07, 6.45) is 30.6. The number of nitrogens with one attached hydrogen (secondary N) is 1. The van der Waals surface area contributed by atoms with Crippen LogP contribution in [0.1, 0.15) is 142 Å². The Morgan fingerprint density at radius 3 is 1.88 bits per heavy atom. The Bertz CT molecular complexity index is 595. The molecule has 2 heterocycles. The minimum absolute atomic E-state index is 0.517. The van der Waals surface area contributed by atoms with Gasteiger partial charge in [-0.3, -0.25) is 0 Å². The van der Waals surface area contributed by atoms with Crippen molar-refractivity contribution in [3.8, 4) is 0 Å². The molecule has 1 heteroatoms. The molecule has 5 bridgehead atoms. The Hall–Kier alpha value is -0.0400.